The first kappa shape index (κ1) is 10.2. The lowest BCUT2D eigenvalue weighted by Crippen LogP contribution is -2.04. The molecule has 1 nitrogen and oxygen atoms in total. The molecule has 0 aliphatic heterocycles. The molecule has 72 valence electrons. The van der Waals surface area contributed by atoms with Crippen molar-refractivity contribution in [3.8, 4) is 0 Å². The minimum Gasteiger partial charge on any atom is -0.289 e. The van der Waals surface area contributed by atoms with Crippen molar-refractivity contribution in [2.45, 2.75) is 13.3 Å². The van der Waals surface area contributed by atoms with E-state index >= 15 is 0 Å². The summed E-state index contributed by atoms with van der Waals surface area (Å²) in [4.78, 5) is 11.8. The largest absolute Gasteiger partial charge is 0.289 e. The van der Waals surface area contributed by atoms with Gasteiger partial charge in [-0.25, -0.2) is 0 Å². The topological polar surface area (TPSA) is 17.1 Å². The van der Waals surface area contributed by atoms with E-state index in [9.17, 15) is 4.79 Å². The van der Waals surface area contributed by atoms with Crippen molar-refractivity contribution >= 4 is 37.6 Å². The highest BCUT2D eigenvalue weighted by Gasteiger charge is 2.35. The van der Waals surface area contributed by atoms with Crippen LogP contribution in [0, 0.1) is 19.8 Å². The van der Waals surface area contributed by atoms with Crippen LogP contribution in [-0.2, 0) is 6.42 Å². The van der Waals surface area contributed by atoms with Crippen LogP contribution >= 0.6 is 31.9 Å². The first-order valence-electron chi connectivity index (χ1n) is 4.37. The lowest BCUT2D eigenvalue weighted by atomic mass is 10.1. The lowest BCUT2D eigenvalue weighted by molar-refractivity contribution is 0.0958. The molecule has 14 heavy (non-hydrogen) atoms. The molecule has 1 aromatic carbocycles. The first-order valence-corrected chi connectivity index (χ1v) is 5.95. The number of carbonyl (C=O) groups is 1. The van der Waals surface area contributed by atoms with Crippen LogP contribution < -0.4 is 0 Å². The van der Waals surface area contributed by atoms with Crippen molar-refractivity contribution < 1.29 is 4.79 Å². The van der Waals surface area contributed by atoms with Gasteiger partial charge >= 0.3 is 0 Å². The van der Waals surface area contributed by atoms with Gasteiger partial charge in [-0.05, 0) is 40.0 Å². The highest BCUT2D eigenvalue weighted by molar-refractivity contribution is 9.11. The zero-order valence-corrected chi connectivity index (χ0v) is 10.9. The molecule has 1 aliphatic carbocycles. The summed E-state index contributed by atoms with van der Waals surface area (Å²) >= 11 is 6.95. The number of benzene rings is 1. The molecule has 0 saturated carbocycles. The van der Waals surface area contributed by atoms with Crippen LogP contribution in [0.5, 0.6) is 0 Å². The Morgan fingerprint density at radius 1 is 1.50 bits per heavy atom. The maximum absolute atomic E-state index is 11.8. The number of aryl methyl sites for hydroxylation is 1. The predicted molar refractivity (Wildman–Crippen MR) is 63.5 cm³/mol. The fourth-order valence-electron chi connectivity index (χ4n) is 1.79. The van der Waals surface area contributed by atoms with Crippen molar-refractivity contribution in [3.63, 3.8) is 0 Å². The molecule has 0 aromatic heterocycles. The molecule has 0 N–H and O–H groups in total. The molecular weight excluding hydrogens is 308 g/mol. The van der Waals surface area contributed by atoms with Crippen LogP contribution in [-0.4, -0.2) is 5.78 Å². The number of hydrogen-bond donors (Lipinski definition) is 0. The van der Waals surface area contributed by atoms with E-state index in [4.69, 9.17) is 0 Å². The molecular formula is C11H9Br2O+. The monoisotopic (exact) mass is 315 g/mol. The Kier molecular flexibility index (Phi) is 2.48. The number of ketones is 1. The van der Waals surface area contributed by atoms with Gasteiger partial charge in [-0.3, -0.25) is 4.79 Å². The van der Waals surface area contributed by atoms with Crippen molar-refractivity contribution in [1.82, 2.24) is 0 Å². The Hall–Kier alpha value is -0.280. The maximum Gasteiger partial charge on any atom is 0.211 e. The van der Waals surface area contributed by atoms with Crippen LogP contribution in [0.1, 0.15) is 21.5 Å². The second-order valence-electron chi connectivity index (χ2n) is 3.61. The summed E-state index contributed by atoms with van der Waals surface area (Å²) in [5.74, 6) is 0.0238. The number of hydrogen-bond acceptors (Lipinski definition) is 1. The Morgan fingerprint density at radius 3 is 2.79 bits per heavy atom. The first-order chi connectivity index (χ1) is 6.52. The van der Waals surface area contributed by atoms with E-state index < -0.39 is 0 Å². The number of fused-ring (bicyclic) bond motifs is 1. The molecule has 0 spiro atoms. The summed E-state index contributed by atoms with van der Waals surface area (Å²) in [5, 5.41) is 0. The van der Waals surface area contributed by atoms with Gasteiger partial charge in [-0.15, -0.1) is 0 Å². The second-order valence-corrected chi connectivity index (χ2v) is 5.26. The Bertz CT molecular complexity index is 424. The van der Waals surface area contributed by atoms with Crippen molar-refractivity contribution in [2.75, 3.05) is 0 Å². The van der Waals surface area contributed by atoms with Gasteiger partial charge < -0.3 is 0 Å². The molecule has 2 rings (SSSR count). The molecule has 1 aromatic rings. The minimum atomic E-state index is -0.126. The third kappa shape index (κ3) is 1.34. The fraction of sp³-hybridized carbons (Fsp3) is 0.273. The highest BCUT2D eigenvalue weighted by Crippen LogP contribution is 2.38. The molecule has 0 amide bonds. The Morgan fingerprint density at radius 2 is 2.14 bits per heavy atom. The summed E-state index contributed by atoms with van der Waals surface area (Å²) in [6, 6.07) is 2.04. The van der Waals surface area contributed by atoms with E-state index in [1.54, 1.807) is 0 Å². The van der Waals surface area contributed by atoms with Gasteiger partial charge in [0.15, 0.2) is 5.92 Å². The summed E-state index contributed by atoms with van der Waals surface area (Å²) in [6.07, 6.45) is 0.744. The standard InChI is InChI=1S/C11H9Br2O/c1-5-4-8(12)7-3-6(2)11(14)9(7)10(5)13/h4,6H,2-3H2,1H3/q+1. The number of halogens is 2. The van der Waals surface area contributed by atoms with E-state index in [1.165, 1.54) is 0 Å². The van der Waals surface area contributed by atoms with Crippen molar-refractivity contribution in [1.29, 1.82) is 0 Å². The minimum absolute atomic E-state index is 0.126. The zero-order valence-electron chi connectivity index (χ0n) is 7.73. The Labute approximate surface area is 100 Å². The molecule has 1 atom stereocenters. The van der Waals surface area contributed by atoms with Crippen LogP contribution in [0.15, 0.2) is 15.0 Å². The lowest BCUT2D eigenvalue weighted by Gasteiger charge is -2.06. The van der Waals surface area contributed by atoms with Gasteiger partial charge in [0.05, 0.1) is 6.92 Å². The van der Waals surface area contributed by atoms with Gasteiger partial charge in [0.2, 0.25) is 5.78 Å². The second kappa shape index (κ2) is 3.38. The zero-order chi connectivity index (χ0) is 10.5. The van der Waals surface area contributed by atoms with Crippen LogP contribution in [0.3, 0.4) is 0 Å². The third-order valence-electron chi connectivity index (χ3n) is 2.57. The molecule has 0 fully saturated rings. The average Bonchev–Trinajstić information content (AvgIpc) is 2.41. The van der Waals surface area contributed by atoms with Gasteiger partial charge in [-0.2, -0.15) is 0 Å². The molecule has 3 heteroatoms. The molecule has 1 aliphatic rings. The van der Waals surface area contributed by atoms with Gasteiger partial charge in [0.25, 0.3) is 0 Å². The molecule has 0 saturated heterocycles. The van der Waals surface area contributed by atoms with Crippen LogP contribution in [0.4, 0.5) is 0 Å². The van der Waals surface area contributed by atoms with Gasteiger partial charge in [0, 0.05) is 20.9 Å². The predicted octanol–water partition coefficient (Wildman–Crippen LogP) is 3.71. The average molecular weight is 317 g/mol. The smallest absolute Gasteiger partial charge is 0.211 e. The van der Waals surface area contributed by atoms with E-state index in [-0.39, 0.29) is 11.7 Å². The normalized spacial score (nSPS) is 19.9. The molecule has 0 radical (unpaired) electrons. The quantitative estimate of drug-likeness (QED) is 0.667. The summed E-state index contributed by atoms with van der Waals surface area (Å²) in [7, 11) is 0. The van der Waals surface area contributed by atoms with Gasteiger partial charge in [0.1, 0.15) is 0 Å². The van der Waals surface area contributed by atoms with E-state index in [0.29, 0.717) is 0 Å². The summed E-state index contributed by atoms with van der Waals surface area (Å²) in [6.45, 7) is 5.84. The highest BCUT2D eigenvalue weighted by atomic mass is 79.9. The number of rotatable bonds is 0. The molecule has 0 heterocycles. The Balaban J connectivity index is 2.74. The summed E-state index contributed by atoms with van der Waals surface area (Å²) in [5.41, 5.74) is 2.99. The van der Waals surface area contributed by atoms with Crippen molar-refractivity contribution in [3.05, 3.63) is 38.6 Å². The van der Waals surface area contributed by atoms with Gasteiger partial charge in [-0.1, -0.05) is 15.9 Å². The number of Topliss-reactive ketones (excluding diaryl/α,β-unsaturated/α-hetero) is 1. The SMILES string of the molecule is [CH2+]C1Cc2c(Br)cc(C)c(Br)c2C1=O. The van der Waals surface area contributed by atoms with Crippen LogP contribution in [0.25, 0.3) is 0 Å². The number of carbonyl (C=O) groups excluding carboxylic acids is 1. The van der Waals surface area contributed by atoms with E-state index in [2.05, 4.69) is 38.8 Å². The van der Waals surface area contributed by atoms with E-state index in [1.807, 2.05) is 13.0 Å². The third-order valence-corrected chi connectivity index (χ3v) is 4.30. The molecule has 0 bridgehead atoms. The summed E-state index contributed by atoms with van der Waals surface area (Å²) < 4.78 is 1.94. The van der Waals surface area contributed by atoms with Crippen molar-refractivity contribution in [2.24, 2.45) is 5.92 Å². The molecule has 1 unspecified atom stereocenters. The van der Waals surface area contributed by atoms with Crippen LogP contribution in [0.2, 0.25) is 0 Å². The fourth-order valence-corrected chi connectivity index (χ4v) is 3.04. The van der Waals surface area contributed by atoms with E-state index in [0.717, 1.165) is 32.1 Å². The maximum atomic E-state index is 11.8.